The van der Waals surface area contributed by atoms with Gasteiger partial charge in [0.2, 0.25) is 5.91 Å². The summed E-state index contributed by atoms with van der Waals surface area (Å²) >= 11 is 0. The molecule has 4 nitrogen and oxygen atoms in total. The Morgan fingerprint density at radius 3 is 2.47 bits per heavy atom. The first-order valence-corrected chi connectivity index (χ1v) is 5.35. The number of hydrogen-bond acceptors (Lipinski definition) is 3. The van der Waals surface area contributed by atoms with Gasteiger partial charge in [0.15, 0.2) is 0 Å². The molecular formula is C12H18FN3O. The Kier molecular flexibility index (Phi) is 4.45. The van der Waals surface area contributed by atoms with Gasteiger partial charge >= 0.3 is 0 Å². The number of carbonyl (C=O) groups is 1. The molecule has 0 aliphatic carbocycles. The number of carbonyl (C=O) groups excluding carboxylic acids is 1. The monoisotopic (exact) mass is 239 g/mol. The fourth-order valence-electron chi connectivity index (χ4n) is 1.41. The van der Waals surface area contributed by atoms with Crippen LogP contribution in [0.4, 0.5) is 10.1 Å². The minimum Gasteiger partial charge on any atom is -0.365 e. The van der Waals surface area contributed by atoms with Gasteiger partial charge in [0.1, 0.15) is 5.82 Å². The highest BCUT2D eigenvalue weighted by Crippen LogP contribution is 2.17. The molecular weight excluding hydrogens is 221 g/mol. The number of nitrogens with zero attached hydrogens (tertiary/aromatic N) is 2. The maximum Gasteiger partial charge on any atom is 0.241 e. The van der Waals surface area contributed by atoms with Crippen molar-refractivity contribution in [1.82, 2.24) is 4.90 Å². The molecule has 0 bridgehead atoms. The Balaban J connectivity index is 2.84. The quantitative estimate of drug-likeness (QED) is 0.846. The van der Waals surface area contributed by atoms with Gasteiger partial charge in [-0.05, 0) is 23.8 Å². The van der Waals surface area contributed by atoms with Crippen molar-refractivity contribution in [3.63, 3.8) is 0 Å². The van der Waals surface area contributed by atoms with Crippen molar-refractivity contribution in [3.05, 3.63) is 29.6 Å². The number of likely N-dealkylation sites (N-methyl/N-ethyl adjacent to an activating group) is 2. The zero-order chi connectivity index (χ0) is 13.0. The number of halogens is 1. The maximum absolute atomic E-state index is 13.3. The largest absolute Gasteiger partial charge is 0.365 e. The molecule has 1 aromatic carbocycles. The molecule has 2 N–H and O–H groups in total. The van der Waals surface area contributed by atoms with Crippen LogP contribution in [0.25, 0.3) is 0 Å². The summed E-state index contributed by atoms with van der Waals surface area (Å²) in [4.78, 5) is 14.7. The molecule has 1 aromatic rings. The van der Waals surface area contributed by atoms with Gasteiger partial charge in [-0.15, -0.1) is 0 Å². The van der Waals surface area contributed by atoms with E-state index in [1.165, 1.54) is 17.0 Å². The SMILES string of the molecule is CN(C)C(=O)CN(C)c1cc(F)cc(CN)c1. The van der Waals surface area contributed by atoms with E-state index in [-0.39, 0.29) is 24.8 Å². The standard InChI is InChI=1S/C12H18FN3O/c1-15(2)12(17)8-16(3)11-5-9(7-14)4-10(13)6-11/h4-6H,7-8,14H2,1-3H3. The number of amides is 1. The van der Waals surface area contributed by atoms with Gasteiger partial charge < -0.3 is 15.5 Å². The lowest BCUT2D eigenvalue weighted by atomic mass is 10.2. The summed E-state index contributed by atoms with van der Waals surface area (Å²) in [6.07, 6.45) is 0. The minimum absolute atomic E-state index is 0.0361. The average Bonchev–Trinajstić information content (AvgIpc) is 2.27. The molecule has 0 unspecified atom stereocenters. The summed E-state index contributed by atoms with van der Waals surface area (Å²) in [7, 11) is 5.12. The minimum atomic E-state index is -0.341. The third-order valence-electron chi connectivity index (χ3n) is 2.49. The van der Waals surface area contributed by atoms with Crippen molar-refractivity contribution in [2.45, 2.75) is 6.54 Å². The van der Waals surface area contributed by atoms with Crippen LogP contribution in [0.5, 0.6) is 0 Å². The fraction of sp³-hybridized carbons (Fsp3) is 0.417. The molecule has 94 valence electrons. The van der Waals surface area contributed by atoms with E-state index in [1.54, 1.807) is 32.1 Å². The zero-order valence-electron chi connectivity index (χ0n) is 10.4. The molecule has 0 heterocycles. The van der Waals surface area contributed by atoms with Crippen LogP contribution in [0.2, 0.25) is 0 Å². The molecule has 1 amide bonds. The van der Waals surface area contributed by atoms with Crippen LogP contribution < -0.4 is 10.6 Å². The second-order valence-corrected chi connectivity index (χ2v) is 4.17. The number of anilines is 1. The van der Waals surface area contributed by atoms with E-state index in [2.05, 4.69) is 0 Å². The molecule has 0 radical (unpaired) electrons. The van der Waals surface area contributed by atoms with Gasteiger partial charge in [0.05, 0.1) is 6.54 Å². The molecule has 1 rings (SSSR count). The Hall–Kier alpha value is -1.62. The predicted molar refractivity (Wildman–Crippen MR) is 66.3 cm³/mol. The molecule has 17 heavy (non-hydrogen) atoms. The average molecular weight is 239 g/mol. The smallest absolute Gasteiger partial charge is 0.241 e. The Morgan fingerprint density at radius 2 is 1.94 bits per heavy atom. The molecule has 0 spiro atoms. The third kappa shape index (κ3) is 3.71. The van der Waals surface area contributed by atoms with Crippen LogP contribution in [0, 0.1) is 5.82 Å². The van der Waals surface area contributed by atoms with Crippen molar-refractivity contribution >= 4 is 11.6 Å². The van der Waals surface area contributed by atoms with Crippen molar-refractivity contribution in [1.29, 1.82) is 0 Å². The Bertz CT molecular complexity index is 407. The number of nitrogens with two attached hydrogens (primary N) is 1. The molecule has 0 aliphatic rings. The lowest BCUT2D eigenvalue weighted by molar-refractivity contribution is -0.127. The van der Waals surface area contributed by atoms with E-state index < -0.39 is 0 Å². The van der Waals surface area contributed by atoms with Crippen LogP contribution in [0.15, 0.2) is 18.2 Å². The maximum atomic E-state index is 13.3. The van der Waals surface area contributed by atoms with Crippen LogP contribution >= 0.6 is 0 Å². The van der Waals surface area contributed by atoms with E-state index in [9.17, 15) is 9.18 Å². The lowest BCUT2D eigenvalue weighted by Crippen LogP contribution is -2.34. The summed E-state index contributed by atoms with van der Waals surface area (Å²) < 4.78 is 13.3. The first-order valence-electron chi connectivity index (χ1n) is 5.35. The Labute approximate surface area is 101 Å². The number of benzene rings is 1. The summed E-state index contributed by atoms with van der Waals surface area (Å²) in [5, 5.41) is 0. The van der Waals surface area contributed by atoms with Gasteiger partial charge in [-0.25, -0.2) is 4.39 Å². The normalized spacial score (nSPS) is 10.2. The summed E-state index contributed by atoms with van der Waals surface area (Å²) in [6, 6.07) is 4.57. The summed E-state index contributed by atoms with van der Waals surface area (Å²) in [6.45, 7) is 0.487. The van der Waals surface area contributed by atoms with E-state index in [0.717, 1.165) is 0 Å². The predicted octanol–water partition coefficient (Wildman–Crippen LogP) is 0.809. The van der Waals surface area contributed by atoms with Crippen molar-refractivity contribution in [2.24, 2.45) is 5.73 Å². The molecule has 0 fully saturated rings. The molecule has 0 aromatic heterocycles. The van der Waals surface area contributed by atoms with Gasteiger partial charge in [-0.1, -0.05) is 0 Å². The van der Waals surface area contributed by atoms with Crippen LogP contribution in [0.3, 0.4) is 0 Å². The molecule has 0 saturated heterocycles. The summed E-state index contributed by atoms with van der Waals surface area (Å²) in [5.74, 6) is -0.377. The lowest BCUT2D eigenvalue weighted by Gasteiger charge is -2.21. The molecule has 0 atom stereocenters. The van der Waals surface area contributed by atoms with Crippen molar-refractivity contribution < 1.29 is 9.18 Å². The van der Waals surface area contributed by atoms with E-state index in [4.69, 9.17) is 5.73 Å². The van der Waals surface area contributed by atoms with Crippen molar-refractivity contribution in [3.8, 4) is 0 Å². The third-order valence-corrected chi connectivity index (χ3v) is 2.49. The second-order valence-electron chi connectivity index (χ2n) is 4.17. The molecule has 5 heteroatoms. The van der Waals surface area contributed by atoms with Gasteiger partial charge in [-0.3, -0.25) is 4.79 Å². The second kappa shape index (κ2) is 5.63. The van der Waals surface area contributed by atoms with Crippen LogP contribution in [0.1, 0.15) is 5.56 Å². The topological polar surface area (TPSA) is 49.6 Å². The summed E-state index contributed by atoms with van der Waals surface area (Å²) in [5.41, 5.74) is 6.84. The van der Waals surface area contributed by atoms with Gasteiger partial charge in [0, 0.05) is 33.4 Å². The highest BCUT2D eigenvalue weighted by atomic mass is 19.1. The first-order chi connectivity index (χ1) is 7.93. The molecule has 0 saturated carbocycles. The van der Waals surface area contributed by atoms with E-state index in [1.807, 2.05) is 0 Å². The number of rotatable bonds is 4. The van der Waals surface area contributed by atoms with Gasteiger partial charge in [0.25, 0.3) is 0 Å². The van der Waals surface area contributed by atoms with E-state index in [0.29, 0.717) is 11.3 Å². The van der Waals surface area contributed by atoms with E-state index >= 15 is 0 Å². The fourth-order valence-corrected chi connectivity index (χ4v) is 1.41. The molecule has 0 aliphatic heterocycles. The van der Waals surface area contributed by atoms with Crippen molar-refractivity contribution in [2.75, 3.05) is 32.6 Å². The number of hydrogen-bond donors (Lipinski definition) is 1. The Morgan fingerprint density at radius 1 is 1.29 bits per heavy atom. The highest BCUT2D eigenvalue weighted by Gasteiger charge is 2.10. The highest BCUT2D eigenvalue weighted by molar-refractivity contribution is 5.80. The zero-order valence-corrected chi connectivity index (χ0v) is 10.4. The first kappa shape index (κ1) is 13.4. The van der Waals surface area contributed by atoms with Gasteiger partial charge in [-0.2, -0.15) is 0 Å². The van der Waals surface area contributed by atoms with Crippen LogP contribution in [-0.4, -0.2) is 38.5 Å². The van der Waals surface area contributed by atoms with Crippen LogP contribution in [-0.2, 0) is 11.3 Å².